The monoisotopic (exact) mass is 284 g/mol. The van der Waals surface area contributed by atoms with Crippen LogP contribution in [0.2, 0.25) is 0 Å². The Morgan fingerprint density at radius 2 is 2.10 bits per heavy atom. The number of benzene rings is 1. The van der Waals surface area contributed by atoms with E-state index in [0.29, 0.717) is 24.0 Å². The molecule has 1 aromatic carbocycles. The van der Waals surface area contributed by atoms with Crippen molar-refractivity contribution < 1.29 is 28.3 Å². The largest absolute Gasteiger partial charge is 0.460 e. The van der Waals surface area contributed by atoms with Gasteiger partial charge >= 0.3 is 12.5 Å². The molecule has 20 heavy (non-hydrogen) atoms. The molecule has 0 saturated heterocycles. The van der Waals surface area contributed by atoms with Crippen molar-refractivity contribution in [3.63, 3.8) is 0 Å². The molecule has 1 aromatic rings. The molecular formula is C14H16F2NO3+. The smallest absolute Gasteiger partial charge is 0.387 e. The number of hydrogen-bond acceptors (Lipinski definition) is 2. The predicted molar refractivity (Wildman–Crippen MR) is 67.8 cm³/mol. The van der Waals surface area contributed by atoms with Gasteiger partial charge < -0.3 is 14.9 Å². The van der Waals surface area contributed by atoms with Crippen LogP contribution < -0.4 is 4.74 Å². The quantitative estimate of drug-likeness (QED) is 0.815. The lowest BCUT2D eigenvalue weighted by Gasteiger charge is -2.18. The summed E-state index contributed by atoms with van der Waals surface area (Å²) in [5, 5.41) is 20.4. The normalized spacial score (nSPS) is 28.6. The lowest BCUT2D eigenvalue weighted by molar-refractivity contribution is -0.552. The first-order valence-corrected chi connectivity index (χ1v) is 6.54. The summed E-state index contributed by atoms with van der Waals surface area (Å²) in [6.07, 6.45) is 0.511. The fourth-order valence-electron chi connectivity index (χ4n) is 3.35. The Balaban J connectivity index is 2.17. The summed E-state index contributed by atoms with van der Waals surface area (Å²) in [7, 11) is 1.70. The van der Waals surface area contributed by atoms with E-state index in [1.807, 2.05) is 0 Å². The summed E-state index contributed by atoms with van der Waals surface area (Å²) in [6, 6.07) is 4.54. The summed E-state index contributed by atoms with van der Waals surface area (Å²) < 4.78 is 31.3. The van der Waals surface area contributed by atoms with Crippen LogP contribution in [0.15, 0.2) is 18.2 Å². The molecular weight excluding hydrogens is 268 g/mol. The van der Waals surface area contributed by atoms with Crippen molar-refractivity contribution in [2.45, 2.75) is 37.5 Å². The lowest BCUT2D eigenvalue weighted by atomic mass is 9.92. The van der Waals surface area contributed by atoms with Gasteiger partial charge in [-0.15, -0.1) is 0 Å². The Labute approximate surface area is 114 Å². The number of alkyl halides is 2. The van der Waals surface area contributed by atoms with Crippen LogP contribution in [-0.4, -0.2) is 46.5 Å². The van der Waals surface area contributed by atoms with Gasteiger partial charge in [-0.05, 0) is 24.5 Å². The van der Waals surface area contributed by atoms with E-state index in [2.05, 4.69) is 4.74 Å². The molecule has 4 nitrogen and oxygen atoms in total. The number of nitrogens with zero attached hydrogens (tertiary/aromatic N) is 1. The van der Waals surface area contributed by atoms with Crippen LogP contribution >= 0.6 is 0 Å². The fourth-order valence-corrected chi connectivity index (χ4v) is 3.35. The SMILES string of the molecule is C[N+]1=C(O)c2cccc(OC(F)F)c2C2CC(O)C1C2. The lowest BCUT2D eigenvalue weighted by Crippen LogP contribution is -2.35. The maximum Gasteiger partial charge on any atom is 0.387 e. The molecule has 2 bridgehead atoms. The third-order valence-corrected chi connectivity index (χ3v) is 4.26. The minimum absolute atomic E-state index is 0.00836. The number of rotatable bonds is 2. The zero-order valence-corrected chi connectivity index (χ0v) is 11.0. The Kier molecular flexibility index (Phi) is 3.12. The highest BCUT2D eigenvalue weighted by Gasteiger charge is 2.46. The molecule has 0 radical (unpaired) electrons. The Hall–Kier alpha value is -1.69. The topological polar surface area (TPSA) is 52.7 Å². The molecule has 6 heteroatoms. The number of aliphatic hydroxyl groups excluding tert-OH is 2. The van der Waals surface area contributed by atoms with Crippen LogP contribution in [0.3, 0.4) is 0 Å². The number of fused-ring (bicyclic) bond motifs is 4. The van der Waals surface area contributed by atoms with Crippen molar-refractivity contribution in [3.8, 4) is 5.75 Å². The maximum absolute atomic E-state index is 12.5. The number of aliphatic hydroxyl groups is 2. The third-order valence-electron chi connectivity index (χ3n) is 4.26. The molecule has 2 N–H and O–H groups in total. The van der Waals surface area contributed by atoms with Crippen molar-refractivity contribution in [3.05, 3.63) is 29.3 Å². The fraction of sp³-hybridized carbons (Fsp3) is 0.500. The van der Waals surface area contributed by atoms with Gasteiger partial charge in [0.25, 0.3) is 0 Å². The second-order valence-corrected chi connectivity index (χ2v) is 5.33. The van der Waals surface area contributed by atoms with E-state index < -0.39 is 12.7 Å². The first-order chi connectivity index (χ1) is 9.49. The van der Waals surface area contributed by atoms with Gasteiger partial charge in [-0.25, -0.2) is 0 Å². The molecule has 1 aliphatic carbocycles. The van der Waals surface area contributed by atoms with Gasteiger partial charge in [0.2, 0.25) is 0 Å². The van der Waals surface area contributed by atoms with Crippen LogP contribution in [0.4, 0.5) is 8.78 Å². The van der Waals surface area contributed by atoms with Crippen molar-refractivity contribution in [2.24, 2.45) is 0 Å². The Morgan fingerprint density at radius 3 is 2.80 bits per heavy atom. The highest BCUT2D eigenvalue weighted by molar-refractivity contribution is 5.91. The summed E-state index contributed by atoms with van der Waals surface area (Å²) >= 11 is 0. The van der Waals surface area contributed by atoms with Crippen molar-refractivity contribution in [1.82, 2.24) is 0 Å². The molecule has 1 saturated carbocycles. The van der Waals surface area contributed by atoms with Gasteiger partial charge in [0, 0.05) is 12.0 Å². The minimum Gasteiger partial charge on any atom is -0.460 e. The number of halogens is 2. The second kappa shape index (κ2) is 4.70. The highest BCUT2D eigenvalue weighted by Crippen LogP contribution is 2.44. The molecule has 0 aromatic heterocycles. The van der Waals surface area contributed by atoms with E-state index >= 15 is 0 Å². The van der Waals surface area contributed by atoms with E-state index in [9.17, 15) is 19.0 Å². The van der Waals surface area contributed by atoms with Gasteiger partial charge in [0.1, 0.15) is 18.9 Å². The minimum atomic E-state index is -2.91. The summed E-state index contributed by atoms with van der Waals surface area (Å²) in [5.74, 6) is -0.0183. The summed E-state index contributed by atoms with van der Waals surface area (Å²) in [6.45, 7) is -2.91. The molecule has 108 valence electrons. The van der Waals surface area contributed by atoms with E-state index in [4.69, 9.17) is 0 Å². The summed E-state index contributed by atoms with van der Waals surface area (Å²) in [4.78, 5) is 0. The molecule has 3 unspecified atom stereocenters. The van der Waals surface area contributed by atoms with E-state index in [1.54, 1.807) is 23.8 Å². The van der Waals surface area contributed by atoms with Crippen LogP contribution in [0, 0.1) is 0 Å². The standard InChI is InChI=1S/C14H15F2NO3/c1-17-9-5-7(6-10(9)18)12-8(13(17)19)3-2-4-11(12)20-14(15)16/h2-4,7,9-10,14,18H,5-6H2,1H3/p+1. The molecule has 0 spiro atoms. The van der Waals surface area contributed by atoms with E-state index in [-0.39, 0.29) is 23.6 Å². The van der Waals surface area contributed by atoms with Crippen molar-refractivity contribution in [1.29, 1.82) is 0 Å². The maximum atomic E-state index is 12.5. The molecule has 1 aliphatic heterocycles. The molecule has 3 atom stereocenters. The predicted octanol–water partition coefficient (Wildman–Crippen LogP) is 1.86. The third kappa shape index (κ3) is 1.95. The summed E-state index contributed by atoms with van der Waals surface area (Å²) in [5.41, 5.74) is 1.07. The van der Waals surface area contributed by atoms with Gasteiger partial charge in [-0.1, -0.05) is 6.07 Å². The van der Waals surface area contributed by atoms with Gasteiger partial charge in [0.15, 0.2) is 6.04 Å². The molecule has 1 heterocycles. The average molecular weight is 284 g/mol. The zero-order valence-electron chi connectivity index (χ0n) is 11.0. The highest BCUT2D eigenvalue weighted by atomic mass is 19.3. The van der Waals surface area contributed by atoms with Crippen molar-refractivity contribution in [2.75, 3.05) is 7.05 Å². The number of ether oxygens (including phenoxy) is 1. The Morgan fingerprint density at radius 1 is 1.35 bits per heavy atom. The molecule has 0 amide bonds. The molecule has 3 rings (SSSR count). The van der Waals surface area contributed by atoms with Crippen molar-refractivity contribution >= 4 is 5.90 Å². The van der Waals surface area contributed by atoms with Crippen LogP contribution in [0.25, 0.3) is 0 Å². The first kappa shape index (κ1) is 13.3. The molecule has 2 aliphatic rings. The molecule has 1 fully saturated rings. The van der Waals surface area contributed by atoms with Gasteiger partial charge in [-0.2, -0.15) is 13.4 Å². The van der Waals surface area contributed by atoms with Crippen LogP contribution in [-0.2, 0) is 0 Å². The van der Waals surface area contributed by atoms with Crippen LogP contribution in [0.1, 0.15) is 29.9 Å². The number of likely N-dealkylation sites (N-methyl/N-ethyl adjacent to an activating group) is 1. The van der Waals surface area contributed by atoms with E-state index in [1.165, 1.54) is 6.07 Å². The van der Waals surface area contributed by atoms with Gasteiger partial charge in [0.05, 0.1) is 5.56 Å². The second-order valence-electron chi connectivity index (χ2n) is 5.33. The van der Waals surface area contributed by atoms with Crippen LogP contribution in [0.5, 0.6) is 5.75 Å². The van der Waals surface area contributed by atoms with E-state index in [0.717, 1.165) is 0 Å². The first-order valence-electron chi connectivity index (χ1n) is 6.54. The zero-order chi connectivity index (χ0) is 14.4. The van der Waals surface area contributed by atoms with Gasteiger partial charge in [-0.3, -0.25) is 0 Å². The Bertz CT molecular complexity index is 574. The number of hydrogen-bond donors (Lipinski definition) is 2. The average Bonchev–Trinajstić information content (AvgIpc) is 2.73.